The topological polar surface area (TPSA) is 51.3 Å². The fraction of sp³-hybridized carbons (Fsp3) is 0.667. The first-order valence-electron chi connectivity index (χ1n) is 9.86. The molecule has 0 aliphatic carbocycles. The first-order valence-corrected chi connectivity index (χ1v) is 11.5. The first-order chi connectivity index (χ1) is 12.4. The molecule has 134 valence electrons. The fourth-order valence-corrected chi connectivity index (χ4v) is 10.3. The average molecular weight is 359 g/mol. The van der Waals surface area contributed by atoms with E-state index in [2.05, 4.69) is 47.6 Å². The number of hydrogen-bond acceptors (Lipinski definition) is 5. The largest absolute Gasteiger partial charge is 0.264 e. The molecule has 0 radical (unpaired) electrons. The van der Waals surface area contributed by atoms with Crippen LogP contribution in [0.4, 0.5) is 0 Å². The molecule has 1 aromatic heterocycles. The highest BCUT2D eigenvalue weighted by Gasteiger charge is 2.61. The molecule has 3 saturated heterocycles. The van der Waals surface area contributed by atoms with Gasteiger partial charge in [0.25, 0.3) is 7.71 Å². The number of hydrogen-bond donors (Lipinski definition) is 1. The van der Waals surface area contributed by atoms with Crippen LogP contribution in [0, 0.1) is 0 Å². The molecular formula is C18H28N6P+. The van der Waals surface area contributed by atoms with Crippen LogP contribution < -0.4 is 5.30 Å². The van der Waals surface area contributed by atoms with Gasteiger partial charge in [0.15, 0.2) is 10.8 Å². The van der Waals surface area contributed by atoms with Crippen molar-refractivity contribution in [1.82, 2.24) is 29.4 Å². The highest BCUT2D eigenvalue weighted by atomic mass is 31.2. The second-order valence-electron chi connectivity index (χ2n) is 7.52. The van der Waals surface area contributed by atoms with Gasteiger partial charge in [-0.1, -0.05) is 6.07 Å². The number of para-hydroxylation sites is 1. The van der Waals surface area contributed by atoms with Crippen LogP contribution in [0.2, 0.25) is 0 Å². The van der Waals surface area contributed by atoms with Crippen molar-refractivity contribution in [2.45, 2.75) is 38.5 Å². The normalized spacial score (nSPS) is 24.0. The molecule has 25 heavy (non-hydrogen) atoms. The Hall–Kier alpha value is -1.07. The Labute approximate surface area is 150 Å². The monoisotopic (exact) mass is 359 g/mol. The van der Waals surface area contributed by atoms with Gasteiger partial charge in [-0.25, -0.2) is 0 Å². The van der Waals surface area contributed by atoms with Crippen LogP contribution >= 0.6 is 7.71 Å². The SMILES string of the molecule is c1cc([P+](N2CCCC2)(N2CCCC2)N2CCCC2)c2n[nH]nc2c1. The van der Waals surface area contributed by atoms with Crippen LogP contribution in [-0.4, -0.2) is 68.7 Å². The smallest absolute Gasteiger partial charge is 0.197 e. The Morgan fingerprint density at radius 1 is 0.720 bits per heavy atom. The van der Waals surface area contributed by atoms with E-state index in [-0.39, 0.29) is 0 Å². The minimum absolute atomic E-state index is 1.01. The lowest BCUT2D eigenvalue weighted by atomic mass is 10.3. The molecule has 7 heteroatoms. The number of benzene rings is 1. The second-order valence-corrected chi connectivity index (χ2v) is 10.8. The molecule has 6 nitrogen and oxygen atoms in total. The highest BCUT2D eigenvalue weighted by Crippen LogP contribution is 2.69. The van der Waals surface area contributed by atoms with Gasteiger partial charge in [0.2, 0.25) is 0 Å². The van der Waals surface area contributed by atoms with Gasteiger partial charge >= 0.3 is 0 Å². The Morgan fingerprint density at radius 3 is 1.76 bits per heavy atom. The van der Waals surface area contributed by atoms with E-state index in [1.165, 1.54) is 83.1 Å². The summed E-state index contributed by atoms with van der Waals surface area (Å²) in [6.45, 7) is 7.39. The summed E-state index contributed by atoms with van der Waals surface area (Å²) in [6, 6.07) is 6.64. The van der Waals surface area contributed by atoms with Gasteiger partial charge in [-0.3, -0.25) is 0 Å². The van der Waals surface area contributed by atoms with Crippen molar-refractivity contribution in [3.05, 3.63) is 18.2 Å². The van der Waals surface area contributed by atoms with Crippen LogP contribution in [0.5, 0.6) is 0 Å². The lowest BCUT2D eigenvalue weighted by Crippen LogP contribution is -2.48. The van der Waals surface area contributed by atoms with Gasteiger partial charge in [-0.05, 0) is 50.7 Å². The fourth-order valence-electron chi connectivity index (χ4n) is 5.03. The molecule has 1 N–H and O–H groups in total. The molecule has 0 saturated carbocycles. The van der Waals surface area contributed by atoms with Crippen molar-refractivity contribution < 1.29 is 0 Å². The molecule has 0 unspecified atom stereocenters. The van der Waals surface area contributed by atoms with Gasteiger partial charge in [0.1, 0.15) is 5.52 Å². The molecule has 3 aliphatic rings. The van der Waals surface area contributed by atoms with Crippen LogP contribution in [0.3, 0.4) is 0 Å². The summed E-state index contributed by atoms with van der Waals surface area (Å²) in [5, 5.41) is 13.3. The maximum Gasteiger partial charge on any atom is 0.264 e. The van der Waals surface area contributed by atoms with Gasteiger partial charge in [-0.15, -0.1) is 14.0 Å². The summed E-state index contributed by atoms with van der Waals surface area (Å²) in [7, 11) is -1.73. The van der Waals surface area contributed by atoms with Gasteiger partial charge in [0, 0.05) is 39.3 Å². The van der Waals surface area contributed by atoms with E-state index in [0.717, 1.165) is 11.0 Å². The maximum atomic E-state index is 4.61. The molecule has 3 aliphatic heterocycles. The first kappa shape index (κ1) is 16.1. The number of aromatic amines is 1. The van der Waals surface area contributed by atoms with Crippen molar-refractivity contribution >= 4 is 24.1 Å². The lowest BCUT2D eigenvalue weighted by Gasteiger charge is -2.43. The standard InChI is InChI=1S/C18H28N6P/c1-2-11-22(10-1)25(23-12-3-4-13-23,24-14-5-6-15-24)17-9-7-8-16-18(17)20-21-19-16/h7-9H,1-6,10-15H2,(H,19,20,21)/q+1. The summed E-state index contributed by atoms with van der Waals surface area (Å²) in [4.78, 5) is 0. The number of H-pyrrole nitrogens is 1. The molecule has 5 rings (SSSR count). The number of rotatable bonds is 4. The van der Waals surface area contributed by atoms with E-state index < -0.39 is 7.71 Å². The third kappa shape index (κ3) is 2.46. The molecule has 3 fully saturated rings. The van der Waals surface area contributed by atoms with Gasteiger partial charge < -0.3 is 0 Å². The molecule has 0 bridgehead atoms. The molecule has 2 aromatic rings. The van der Waals surface area contributed by atoms with Crippen LogP contribution in [0.1, 0.15) is 38.5 Å². The third-order valence-corrected chi connectivity index (χ3v) is 10.7. The maximum absolute atomic E-state index is 4.61. The number of aromatic nitrogens is 3. The van der Waals surface area contributed by atoms with Gasteiger partial charge in [-0.2, -0.15) is 15.4 Å². The predicted molar refractivity (Wildman–Crippen MR) is 103 cm³/mol. The zero-order chi connectivity index (χ0) is 16.7. The lowest BCUT2D eigenvalue weighted by molar-refractivity contribution is 0.383. The van der Waals surface area contributed by atoms with E-state index in [4.69, 9.17) is 0 Å². The molecular weight excluding hydrogens is 331 g/mol. The molecule has 0 atom stereocenters. The summed E-state index contributed by atoms with van der Waals surface area (Å²) in [6.07, 6.45) is 7.99. The highest BCUT2D eigenvalue weighted by molar-refractivity contribution is 7.77. The second kappa shape index (κ2) is 6.58. The van der Waals surface area contributed by atoms with Crippen LogP contribution in [0.15, 0.2) is 18.2 Å². The summed E-state index contributed by atoms with van der Waals surface area (Å²) >= 11 is 0. The number of fused-ring (bicyclic) bond motifs is 1. The van der Waals surface area contributed by atoms with Crippen LogP contribution in [-0.2, 0) is 0 Å². The molecule has 0 amide bonds. The predicted octanol–water partition coefficient (Wildman–Crippen LogP) is 2.63. The Balaban J connectivity index is 1.74. The Bertz CT molecular complexity index is 687. The minimum Gasteiger partial charge on any atom is -0.197 e. The van der Waals surface area contributed by atoms with Crippen molar-refractivity contribution in [1.29, 1.82) is 0 Å². The number of nitrogens with one attached hydrogen (secondary N) is 1. The minimum atomic E-state index is -1.73. The van der Waals surface area contributed by atoms with Crippen molar-refractivity contribution in [2.24, 2.45) is 0 Å². The van der Waals surface area contributed by atoms with E-state index in [0.29, 0.717) is 0 Å². The van der Waals surface area contributed by atoms with Gasteiger partial charge in [0.05, 0.1) is 0 Å². The van der Waals surface area contributed by atoms with E-state index >= 15 is 0 Å². The van der Waals surface area contributed by atoms with E-state index in [1.807, 2.05) is 0 Å². The Kier molecular flexibility index (Phi) is 4.25. The van der Waals surface area contributed by atoms with Crippen molar-refractivity contribution in [3.8, 4) is 0 Å². The molecule has 1 aromatic carbocycles. The zero-order valence-electron chi connectivity index (χ0n) is 14.9. The van der Waals surface area contributed by atoms with E-state index in [9.17, 15) is 0 Å². The van der Waals surface area contributed by atoms with Crippen molar-refractivity contribution in [3.63, 3.8) is 0 Å². The van der Waals surface area contributed by atoms with E-state index in [1.54, 1.807) is 0 Å². The summed E-state index contributed by atoms with van der Waals surface area (Å²) in [5.74, 6) is 0. The number of nitrogens with zero attached hydrogens (tertiary/aromatic N) is 5. The quantitative estimate of drug-likeness (QED) is 0.851. The van der Waals surface area contributed by atoms with Crippen LogP contribution in [0.25, 0.3) is 11.0 Å². The Morgan fingerprint density at radius 2 is 1.24 bits per heavy atom. The summed E-state index contributed by atoms with van der Waals surface area (Å²) in [5.41, 5.74) is 2.11. The van der Waals surface area contributed by atoms with Crippen molar-refractivity contribution in [2.75, 3.05) is 39.3 Å². The third-order valence-electron chi connectivity index (χ3n) is 6.08. The zero-order valence-corrected chi connectivity index (χ0v) is 15.8. The average Bonchev–Trinajstić information content (AvgIpc) is 3.42. The molecule has 4 heterocycles. The molecule has 0 spiro atoms. The summed E-state index contributed by atoms with van der Waals surface area (Å²) < 4.78 is 8.56.